The number of carbonyl (C=O) groups is 2. The number of hydrogen-bond acceptors (Lipinski definition) is 4. The Labute approximate surface area is 138 Å². The first-order chi connectivity index (χ1) is 11.5. The van der Waals surface area contributed by atoms with E-state index in [1.807, 2.05) is 0 Å². The summed E-state index contributed by atoms with van der Waals surface area (Å²) in [5.74, 6) is -1.17. The largest absolute Gasteiger partial charge is 0.461 e. The lowest BCUT2D eigenvalue weighted by atomic mass is 10.0. The number of aromatic nitrogens is 2. The summed E-state index contributed by atoms with van der Waals surface area (Å²) in [6, 6.07) is 5.60. The number of ether oxygens (including phenoxy) is 1. The molecule has 6 nitrogen and oxygen atoms in total. The highest BCUT2D eigenvalue weighted by Gasteiger charge is 2.30. The summed E-state index contributed by atoms with van der Waals surface area (Å²) in [7, 11) is 1.68. The SMILES string of the molecule is CCOC(=O)c1c2c(nn1C)CCN(C(=O)c1cccc(F)c1)C2. The highest BCUT2D eigenvalue weighted by atomic mass is 19.1. The molecule has 0 spiro atoms. The molecule has 2 heterocycles. The first-order valence-corrected chi connectivity index (χ1v) is 7.78. The highest BCUT2D eigenvalue weighted by Crippen LogP contribution is 2.24. The average Bonchev–Trinajstić information content (AvgIpc) is 2.89. The Hall–Kier alpha value is -2.70. The van der Waals surface area contributed by atoms with Gasteiger partial charge in [-0.3, -0.25) is 9.48 Å². The smallest absolute Gasteiger partial charge is 0.356 e. The molecule has 1 aliphatic heterocycles. The van der Waals surface area contributed by atoms with Crippen molar-refractivity contribution in [2.75, 3.05) is 13.2 Å². The molecule has 0 aliphatic carbocycles. The lowest BCUT2D eigenvalue weighted by Crippen LogP contribution is -2.36. The molecule has 1 aromatic heterocycles. The van der Waals surface area contributed by atoms with Gasteiger partial charge in [0.2, 0.25) is 0 Å². The molecule has 1 amide bonds. The van der Waals surface area contributed by atoms with Crippen molar-refractivity contribution in [3.8, 4) is 0 Å². The van der Waals surface area contributed by atoms with Gasteiger partial charge in [0.25, 0.3) is 5.91 Å². The van der Waals surface area contributed by atoms with Gasteiger partial charge < -0.3 is 9.64 Å². The molecule has 2 aromatic rings. The van der Waals surface area contributed by atoms with Crippen LogP contribution in [0.4, 0.5) is 4.39 Å². The molecule has 3 rings (SSSR count). The molecule has 24 heavy (non-hydrogen) atoms. The zero-order valence-electron chi connectivity index (χ0n) is 13.6. The molecule has 1 aromatic carbocycles. The maximum Gasteiger partial charge on any atom is 0.356 e. The van der Waals surface area contributed by atoms with E-state index in [2.05, 4.69) is 5.10 Å². The monoisotopic (exact) mass is 331 g/mol. The van der Waals surface area contributed by atoms with E-state index in [4.69, 9.17) is 4.74 Å². The van der Waals surface area contributed by atoms with Gasteiger partial charge >= 0.3 is 5.97 Å². The van der Waals surface area contributed by atoms with Crippen molar-refractivity contribution in [3.05, 3.63) is 52.6 Å². The number of amides is 1. The number of esters is 1. The van der Waals surface area contributed by atoms with Crippen LogP contribution in [0.5, 0.6) is 0 Å². The molecule has 7 heteroatoms. The van der Waals surface area contributed by atoms with Crippen molar-refractivity contribution >= 4 is 11.9 Å². The van der Waals surface area contributed by atoms with Gasteiger partial charge in [-0.15, -0.1) is 0 Å². The van der Waals surface area contributed by atoms with Gasteiger partial charge in [-0.1, -0.05) is 6.07 Å². The first-order valence-electron chi connectivity index (χ1n) is 7.78. The van der Waals surface area contributed by atoms with Crippen molar-refractivity contribution < 1.29 is 18.7 Å². The molecule has 1 aliphatic rings. The first kappa shape index (κ1) is 16.2. The molecule has 0 fully saturated rings. The molecular weight excluding hydrogens is 313 g/mol. The number of carbonyl (C=O) groups excluding carboxylic acids is 2. The highest BCUT2D eigenvalue weighted by molar-refractivity contribution is 5.95. The third kappa shape index (κ3) is 2.89. The van der Waals surface area contributed by atoms with Crippen LogP contribution in [0.15, 0.2) is 24.3 Å². The van der Waals surface area contributed by atoms with Gasteiger partial charge in [0, 0.05) is 31.1 Å². The number of aryl methyl sites for hydroxylation is 1. The van der Waals surface area contributed by atoms with Gasteiger partial charge in [0.05, 0.1) is 18.8 Å². The van der Waals surface area contributed by atoms with E-state index in [1.165, 1.54) is 22.9 Å². The number of rotatable bonds is 3. The minimum absolute atomic E-state index is 0.257. The molecule has 0 radical (unpaired) electrons. The second kappa shape index (κ2) is 6.43. The number of fused-ring (bicyclic) bond motifs is 1. The molecular formula is C17H18FN3O3. The predicted molar refractivity (Wildman–Crippen MR) is 84.0 cm³/mol. The number of halogens is 1. The van der Waals surface area contributed by atoms with Crippen molar-refractivity contribution in [2.24, 2.45) is 7.05 Å². The lowest BCUT2D eigenvalue weighted by molar-refractivity contribution is 0.0508. The van der Waals surface area contributed by atoms with Gasteiger partial charge in [0.1, 0.15) is 5.82 Å². The van der Waals surface area contributed by atoms with Crippen LogP contribution < -0.4 is 0 Å². The van der Waals surface area contributed by atoms with E-state index in [1.54, 1.807) is 24.9 Å². The Bertz CT molecular complexity index is 800. The Morgan fingerprint density at radius 2 is 2.17 bits per heavy atom. The summed E-state index contributed by atoms with van der Waals surface area (Å²) in [4.78, 5) is 26.3. The summed E-state index contributed by atoms with van der Waals surface area (Å²) in [5, 5.41) is 4.35. The Morgan fingerprint density at radius 3 is 2.88 bits per heavy atom. The van der Waals surface area contributed by atoms with E-state index in [-0.39, 0.29) is 19.1 Å². The number of benzene rings is 1. The third-order valence-corrected chi connectivity index (χ3v) is 4.02. The molecule has 0 saturated heterocycles. The van der Waals surface area contributed by atoms with Crippen LogP contribution in [-0.2, 0) is 24.8 Å². The maximum atomic E-state index is 13.3. The standard InChI is InChI=1S/C17H18FN3O3/c1-3-24-17(23)15-13-10-21(8-7-14(13)19-20(15)2)16(22)11-5-4-6-12(18)9-11/h4-6,9H,3,7-8,10H2,1-2H3. The van der Waals surface area contributed by atoms with Crippen molar-refractivity contribution in [1.82, 2.24) is 14.7 Å². The van der Waals surface area contributed by atoms with Crippen LogP contribution in [0.1, 0.15) is 39.0 Å². The van der Waals surface area contributed by atoms with Crippen LogP contribution in [0, 0.1) is 5.82 Å². The minimum atomic E-state index is -0.452. The minimum Gasteiger partial charge on any atom is -0.461 e. The summed E-state index contributed by atoms with van der Waals surface area (Å²) in [6.07, 6.45) is 0.545. The molecule has 0 N–H and O–H groups in total. The van der Waals surface area contributed by atoms with Gasteiger partial charge in [-0.2, -0.15) is 5.10 Å². The summed E-state index contributed by atoms with van der Waals surface area (Å²) in [6.45, 7) is 2.74. The van der Waals surface area contributed by atoms with Crippen molar-refractivity contribution in [1.29, 1.82) is 0 Å². The summed E-state index contributed by atoms with van der Waals surface area (Å²) >= 11 is 0. The quantitative estimate of drug-likeness (QED) is 0.806. The Balaban J connectivity index is 1.88. The summed E-state index contributed by atoms with van der Waals surface area (Å²) < 4.78 is 19.9. The average molecular weight is 331 g/mol. The second-order valence-corrected chi connectivity index (χ2v) is 5.60. The van der Waals surface area contributed by atoms with Gasteiger partial charge in [-0.05, 0) is 25.1 Å². The van der Waals surface area contributed by atoms with E-state index >= 15 is 0 Å². The van der Waals surface area contributed by atoms with E-state index in [0.717, 1.165) is 5.69 Å². The topological polar surface area (TPSA) is 64.4 Å². The predicted octanol–water partition coefficient (Wildman–Crippen LogP) is 1.93. The molecule has 126 valence electrons. The molecule has 0 atom stereocenters. The van der Waals surface area contributed by atoms with Crippen LogP contribution in [0.3, 0.4) is 0 Å². The van der Waals surface area contributed by atoms with Crippen LogP contribution in [-0.4, -0.2) is 39.7 Å². The maximum absolute atomic E-state index is 13.3. The second-order valence-electron chi connectivity index (χ2n) is 5.60. The lowest BCUT2D eigenvalue weighted by Gasteiger charge is -2.27. The van der Waals surface area contributed by atoms with Crippen LogP contribution >= 0.6 is 0 Å². The van der Waals surface area contributed by atoms with E-state index < -0.39 is 11.8 Å². The fraction of sp³-hybridized carbons (Fsp3) is 0.353. The van der Waals surface area contributed by atoms with Crippen LogP contribution in [0.2, 0.25) is 0 Å². The Kier molecular flexibility index (Phi) is 4.33. The van der Waals surface area contributed by atoms with Gasteiger partial charge in [-0.25, -0.2) is 9.18 Å². The fourth-order valence-electron chi connectivity index (χ4n) is 2.93. The zero-order valence-corrected chi connectivity index (χ0v) is 13.6. The molecule has 0 unspecified atom stereocenters. The normalized spacial score (nSPS) is 13.5. The summed E-state index contributed by atoms with van der Waals surface area (Å²) in [5.41, 5.74) is 2.15. The zero-order chi connectivity index (χ0) is 17.3. The van der Waals surface area contributed by atoms with Gasteiger partial charge in [0.15, 0.2) is 5.69 Å². The van der Waals surface area contributed by atoms with Crippen LogP contribution in [0.25, 0.3) is 0 Å². The molecule has 0 saturated carbocycles. The van der Waals surface area contributed by atoms with Crippen molar-refractivity contribution in [2.45, 2.75) is 19.9 Å². The van der Waals surface area contributed by atoms with E-state index in [0.29, 0.717) is 29.8 Å². The number of hydrogen-bond donors (Lipinski definition) is 0. The fourth-order valence-corrected chi connectivity index (χ4v) is 2.93. The third-order valence-electron chi connectivity index (χ3n) is 4.02. The Morgan fingerprint density at radius 1 is 1.38 bits per heavy atom. The number of nitrogens with zero attached hydrogens (tertiary/aromatic N) is 3. The molecule has 0 bridgehead atoms. The van der Waals surface area contributed by atoms with E-state index in [9.17, 15) is 14.0 Å². The van der Waals surface area contributed by atoms with Crippen molar-refractivity contribution in [3.63, 3.8) is 0 Å².